The van der Waals surface area contributed by atoms with Crippen molar-refractivity contribution in [1.82, 2.24) is 0 Å². The molecule has 0 saturated carbocycles. The fourth-order valence-corrected chi connectivity index (χ4v) is 3.86. The Hall–Kier alpha value is -1.97. The monoisotopic (exact) mass is 460 g/mol. The highest BCUT2D eigenvalue weighted by Gasteiger charge is 2.07. The minimum Gasteiger partial charge on any atom is -0.490 e. The van der Waals surface area contributed by atoms with Crippen molar-refractivity contribution in [3.8, 4) is 11.5 Å². The highest BCUT2D eigenvalue weighted by molar-refractivity contribution is 5.85. The maximum atomic E-state index is 10.8. The van der Waals surface area contributed by atoms with Crippen LogP contribution in [0, 0.1) is 0 Å². The summed E-state index contributed by atoms with van der Waals surface area (Å²) in [4.78, 5) is 10.8. The Morgan fingerprint density at radius 1 is 0.697 bits per heavy atom. The maximum Gasteiger partial charge on any atom is 0.328 e. The molecule has 0 amide bonds. The Morgan fingerprint density at radius 3 is 1.64 bits per heavy atom. The first-order chi connectivity index (χ1) is 16.2. The van der Waals surface area contributed by atoms with E-state index in [0.29, 0.717) is 19.0 Å². The highest BCUT2D eigenvalue weighted by atomic mass is 16.5. The van der Waals surface area contributed by atoms with Crippen LogP contribution in [0.15, 0.2) is 24.3 Å². The summed E-state index contributed by atoms with van der Waals surface area (Å²) in [7, 11) is 0. The number of benzene rings is 1. The van der Waals surface area contributed by atoms with E-state index in [4.69, 9.17) is 14.6 Å². The van der Waals surface area contributed by atoms with Gasteiger partial charge in [-0.1, -0.05) is 110 Å². The van der Waals surface area contributed by atoms with Gasteiger partial charge in [0.05, 0.1) is 13.2 Å². The minimum absolute atomic E-state index is 0.662. The molecule has 1 aromatic carbocycles. The molecule has 1 rings (SSSR count). The molecule has 0 aliphatic heterocycles. The number of hydrogen-bond acceptors (Lipinski definition) is 3. The smallest absolute Gasteiger partial charge is 0.328 e. The third-order valence-corrected chi connectivity index (χ3v) is 5.90. The van der Waals surface area contributed by atoms with Crippen molar-refractivity contribution in [2.24, 2.45) is 0 Å². The molecule has 0 saturated heterocycles. The minimum atomic E-state index is -0.952. The van der Waals surface area contributed by atoms with Crippen molar-refractivity contribution in [3.63, 3.8) is 0 Å². The molecule has 33 heavy (non-hydrogen) atoms. The second-order valence-corrected chi connectivity index (χ2v) is 9.02. The molecular weight excluding hydrogens is 412 g/mol. The van der Waals surface area contributed by atoms with Crippen LogP contribution in [0.5, 0.6) is 11.5 Å². The van der Waals surface area contributed by atoms with Crippen LogP contribution in [-0.4, -0.2) is 24.3 Å². The molecule has 4 nitrogen and oxygen atoms in total. The Morgan fingerprint density at radius 2 is 1.15 bits per heavy atom. The number of carboxylic acid groups (broad SMARTS) is 1. The highest BCUT2D eigenvalue weighted by Crippen LogP contribution is 2.29. The zero-order chi connectivity index (χ0) is 24.0. The topological polar surface area (TPSA) is 55.8 Å². The Labute approximate surface area is 202 Å². The summed E-state index contributed by atoms with van der Waals surface area (Å²) >= 11 is 0. The first-order valence-corrected chi connectivity index (χ1v) is 13.5. The molecule has 0 aliphatic rings. The van der Waals surface area contributed by atoms with Gasteiger partial charge in [0.1, 0.15) is 0 Å². The summed E-state index contributed by atoms with van der Waals surface area (Å²) in [6, 6.07) is 5.66. The lowest BCUT2D eigenvalue weighted by molar-refractivity contribution is -0.131. The number of unbranched alkanes of at least 4 members (excludes halogenated alkanes) is 14. The van der Waals surface area contributed by atoms with Gasteiger partial charge in [0.15, 0.2) is 11.5 Å². The molecule has 1 N–H and O–H groups in total. The third-order valence-electron chi connectivity index (χ3n) is 5.90. The van der Waals surface area contributed by atoms with E-state index in [1.165, 1.54) is 89.9 Å². The summed E-state index contributed by atoms with van der Waals surface area (Å²) in [5.74, 6) is 0.515. The van der Waals surface area contributed by atoms with Crippen molar-refractivity contribution in [1.29, 1.82) is 0 Å². The summed E-state index contributed by atoms with van der Waals surface area (Å²) in [5.41, 5.74) is 0.808. The molecule has 4 heteroatoms. The van der Waals surface area contributed by atoms with Crippen molar-refractivity contribution in [2.45, 2.75) is 117 Å². The van der Waals surface area contributed by atoms with Crippen LogP contribution in [0.3, 0.4) is 0 Å². The molecule has 0 aromatic heterocycles. The molecular formula is C29H48O4. The molecule has 0 radical (unpaired) electrons. The summed E-state index contributed by atoms with van der Waals surface area (Å²) in [6.07, 6.45) is 23.0. The molecule has 0 atom stereocenters. The fraction of sp³-hybridized carbons (Fsp3) is 0.690. The van der Waals surface area contributed by atoms with Crippen molar-refractivity contribution in [3.05, 3.63) is 29.8 Å². The number of aliphatic carboxylic acids is 1. The Balaban J connectivity index is 2.41. The molecule has 0 heterocycles. The van der Waals surface area contributed by atoms with Gasteiger partial charge in [0.25, 0.3) is 0 Å². The number of carboxylic acids is 1. The van der Waals surface area contributed by atoms with Gasteiger partial charge in [-0.3, -0.25) is 0 Å². The normalized spacial score (nSPS) is 11.2. The van der Waals surface area contributed by atoms with Gasteiger partial charge in [0, 0.05) is 6.08 Å². The van der Waals surface area contributed by atoms with Gasteiger partial charge in [-0.15, -0.1) is 0 Å². The van der Waals surface area contributed by atoms with Gasteiger partial charge >= 0.3 is 5.97 Å². The molecule has 0 bridgehead atoms. The van der Waals surface area contributed by atoms with Gasteiger partial charge in [-0.25, -0.2) is 4.79 Å². The van der Waals surface area contributed by atoms with E-state index in [-0.39, 0.29) is 0 Å². The first kappa shape index (κ1) is 29.1. The van der Waals surface area contributed by atoms with Crippen molar-refractivity contribution >= 4 is 12.0 Å². The molecule has 188 valence electrons. The molecule has 1 aromatic rings. The van der Waals surface area contributed by atoms with E-state index in [1.807, 2.05) is 18.2 Å². The van der Waals surface area contributed by atoms with E-state index in [1.54, 1.807) is 6.08 Å². The molecule has 0 aliphatic carbocycles. The molecule has 0 spiro atoms. The lowest BCUT2D eigenvalue weighted by Gasteiger charge is -2.14. The summed E-state index contributed by atoms with van der Waals surface area (Å²) in [6.45, 7) is 5.85. The zero-order valence-electron chi connectivity index (χ0n) is 21.3. The largest absolute Gasteiger partial charge is 0.490 e. The summed E-state index contributed by atoms with van der Waals surface area (Å²) < 4.78 is 12.1. The lowest BCUT2D eigenvalue weighted by atomic mass is 10.1. The predicted molar refractivity (Wildman–Crippen MR) is 139 cm³/mol. The van der Waals surface area contributed by atoms with E-state index in [0.717, 1.165) is 30.2 Å². The van der Waals surface area contributed by atoms with E-state index in [9.17, 15) is 4.79 Å². The van der Waals surface area contributed by atoms with Crippen LogP contribution in [0.2, 0.25) is 0 Å². The number of rotatable bonds is 22. The van der Waals surface area contributed by atoms with E-state index in [2.05, 4.69) is 13.8 Å². The quantitative estimate of drug-likeness (QED) is 0.139. The first-order valence-electron chi connectivity index (χ1n) is 13.5. The average Bonchev–Trinajstić information content (AvgIpc) is 2.81. The van der Waals surface area contributed by atoms with Gasteiger partial charge in [-0.05, 0) is 36.6 Å². The number of ether oxygens (including phenoxy) is 2. The zero-order valence-corrected chi connectivity index (χ0v) is 21.3. The maximum absolute atomic E-state index is 10.8. The lowest BCUT2D eigenvalue weighted by Crippen LogP contribution is -2.03. The van der Waals surface area contributed by atoms with Crippen LogP contribution >= 0.6 is 0 Å². The standard InChI is InChI=1S/C29H48O4/c1-3-5-7-9-11-13-15-17-23-32-27-21-19-26(20-22-29(30)31)25-28(27)33-24-18-16-14-12-10-8-6-4-2/h19-22,25H,3-18,23-24H2,1-2H3,(H,30,31)/b22-20+. The second kappa shape index (κ2) is 20.6. The van der Waals surface area contributed by atoms with Crippen molar-refractivity contribution in [2.75, 3.05) is 13.2 Å². The van der Waals surface area contributed by atoms with Crippen LogP contribution in [0.4, 0.5) is 0 Å². The Kier molecular flexibility index (Phi) is 18.2. The van der Waals surface area contributed by atoms with Gasteiger partial charge in [0.2, 0.25) is 0 Å². The molecule has 0 fully saturated rings. The number of hydrogen-bond donors (Lipinski definition) is 1. The summed E-state index contributed by atoms with van der Waals surface area (Å²) in [5, 5.41) is 8.90. The predicted octanol–water partition coefficient (Wildman–Crippen LogP) is 8.82. The molecule has 0 unspecified atom stereocenters. The number of carbonyl (C=O) groups is 1. The second-order valence-electron chi connectivity index (χ2n) is 9.02. The van der Waals surface area contributed by atoms with E-state index >= 15 is 0 Å². The van der Waals surface area contributed by atoms with Gasteiger partial charge in [-0.2, -0.15) is 0 Å². The third kappa shape index (κ3) is 16.3. The van der Waals surface area contributed by atoms with Crippen LogP contribution in [0.1, 0.15) is 122 Å². The van der Waals surface area contributed by atoms with Gasteiger partial charge < -0.3 is 14.6 Å². The average molecular weight is 461 g/mol. The fourth-order valence-electron chi connectivity index (χ4n) is 3.86. The van der Waals surface area contributed by atoms with Crippen molar-refractivity contribution < 1.29 is 19.4 Å². The van der Waals surface area contributed by atoms with E-state index < -0.39 is 5.97 Å². The van der Waals surface area contributed by atoms with Crippen LogP contribution < -0.4 is 9.47 Å². The van der Waals surface area contributed by atoms with Crippen LogP contribution in [-0.2, 0) is 4.79 Å². The van der Waals surface area contributed by atoms with Crippen LogP contribution in [0.25, 0.3) is 6.08 Å². The Bertz CT molecular complexity index is 639. The SMILES string of the molecule is CCCCCCCCCCOc1ccc(/C=C/C(=O)O)cc1OCCCCCCCCCC.